The highest BCUT2D eigenvalue weighted by Gasteiger charge is 2.40. The molecule has 0 saturated heterocycles. The Labute approximate surface area is 139 Å². The Kier molecular flexibility index (Phi) is 23.3. The fraction of sp³-hybridized carbons (Fsp3) is 0.818. The van der Waals surface area contributed by atoms with Crippen LogP contribution in [0.4, 0.5) is 26.3 Å². The molecule has 1 amide bonds. The number of ether oxygens (including phenoxy) is 1. The molecule has 6 N–H and O–H groups in total. The van der Waals surface area contributed by atoms with E-state index in [-0.39, 0.29) is 19.8 Å². The number of halogens is 6. The standard InChI is InChI=1S/C4H6F3NO2.C4H5F3O2.C2H7NO.CH4O/c5-4(6,7)3(10)8-1-2-9;1-2-9-3(8)4(5,6)7;3-1-2-4;1-2/h9H,1-2H2,(H,8,10);2H2,1H3;4H,1-3H2;2H,1H3. The number of hydrogen-bond acceptors (Lipinski definition) is 7. The summed E-state index contributed by atoms with van der Waals surface area (Å²) in [6.07, 6.45) is -9.70. The van der Waals surface area contributed by atoms with Crippen molar-refractivity contribution in [3.8, 4) is 0 Å². The number of nitrogens with two attached hydrogens (primary N) is 1. The number of nitrogens with one attached hydrogen (secondary N) is 1. The Balaban J connectivity index is -0.000000135. The van der Waals surface area contributed by atoms with Gasteiger partial charge in [0.2, 0.25) is 0 Å². The number of alkyl halides is 6. The van der Waals surface area contributed by atoms with Crippen LogP contribution in [-0.4, -0.2) is 79.6 Å². The van der Waals surface area contributed by atoms with E-state index in [1.54, 1.807) is 0 Å². The molecule has 0 rings (SSSR count). The second-order valence-electron chi connectivity index (χ2n) is 3.21. The van der Waals surface area contributed by atoms with Crippen molar-refractivity contribution < 1.29 is 56.0 Å². The fourth-order valence-corrected chi connectivity index (χ4v) is 0.483. The SMILES string of the molecule is CCOC(=O)C(F)(F)F.CO.NCCO.O=C(NCCO)C(F)(F)F. The van der Waals surface area contributed by atoms with Crippen LogP contribution in [0, 0.1) is 0 Å². The zero-order chi connectivity index (χ0) is 21.1. The highest BCUT2D eigenvalue weighted by atomic mass is 19.4. The van der Waals surface area contributed by atoms with Gasteiger partial charge >= 0.3 is 24.2 Å². The summed E-state index contributed by atoms with van der Waals surface area (Å²) in [7, 11) is 1.00. The minimum absolute atomic E-state index is 0.0972. The molecule has 0 aliphatic rings. The van der Waals surface area contributed by atoms with Gasteiger partial charge in [0.1, 0.15) is 0 Å². The fourth-order valence-electron chi connectivity index (χ4n) is 0.483. The quantitative estimate of drug-likeness (QED) is 0.315. The second kappa shape index (κ2) is 18.7. The zero-order valence-corrected chi connectivity index (χ0v) is 13.4. The summed E-state index contributed by atoms with van der Waals surface area (Å²) in [4.78, 5) is 19.6. The monoisotopic (exact) mass is 392 g/mol. The first kappa shape index (κ1) is 31.2. The Bertz CT molecular complexity index is 323. The Morgan fingerprint density at radius 2 is 1.40 bits per heavy atom. The van der Waals surface area contributed by atoms with Crippen LogP contribution in [-0.2, 0) is 14.3 Å². The lowest BCUT2D eigenvalue weighted by Crippen LogP contribution is -2.38. The largest absolute Gasteiger partial charge is 0.490 e. The summed E-state index contributed by atoms with van der Waals surface area (Å²) < 4.78 is 71.0. The number of carbonyl (C=O) groups is 2. The van der Waals surface area contributed by atoms with E-state index in [2.05, 4.69) is 4.74 Å². The predicted octanol–water partition coefficient (Wildman–Crippen LogP) is -0.685. The number of carbonyl (C=O) groups excluding carboxylic acids is 2. The molecule has 0 heterocycles. The molecule has 0 fully saturated rings. The van der Waals surface area contributed by atoms with E-state index in [1.165, 1.54) is 12.2 Å². The van der Waals surface area contributed by atoms with Gasteiger partial charge in [-0.2, -0.15) is 26.3 Å². The van der Waals surface area contributed by atoms with Gasteiger partial charge in [0.15, 0.2) is 0 Å². The van der Waals surface area contributed by atoms with Crippen LogP contribution >= 0.6 is 0 Å². The molecule has 8 nitrogen and oxygen atoms in total. The number of esters is 1. The van der Waals surface area contributed by atoms with Gasteiger partial charge in [0.25, 0.3) is 0 Å². The predicted molar refractivity (Wildman–Crippen MR) is 73.1 cm³/mol. The van der Waals surface area contributed by atoms with E-state index in [4.69, 9.17) is 21.1 Å². The maximum Gasteiger partial charge on any atom is 0.490 e. The molecule has 0 aromatic heterocycles. The lowest BCUT2D eigenvalue weighted by Gasteiger charge is -2.04. The van der Waals surface area contributed by atoms with Gasteiger partial charge in [-0.05, 0) is 6.92 Å². The smallest absolute Gasteiger partial charge is 0.459 e. The third-order valence-electron chi connectivity index (χ3n) is 1.29. The molecule has 0 spiro atoms. The van der Waals surface area contributed by atoms with Crippen molar-refractivity contribution in [2.75, 3.05) is 40.0 Å². The van der Waals surface area contributed by atoms with Gasteiger partial charge in [0, 0.05) is 20.2 Å². The lowest BCUT2D eigenvalue weighted by atomic mass is 10.5. The Hall–Kier alpha value is -1.64. The van der Waals surface area contributed by atoms with Crippen molar-refractivity contribution in [1.82, 2.24) is 5.32 Å². The highest BCUT2D eigenvalue weighted by molar-refractivity contribution is 5.81. The number of aliphatic hydroxyl groups excluding tert-OH is 3. The number of hydrogen-bond donors (Lipinski definition) is 5. The van der Waals surface area contributed by atoms with Gasteiger partial charge in [0.05, 0.1) is 19.8 Å². The molecule has 0 saturated carbocycles. The van der Waals surface area contributed by atoms with Crippen molar-refractivity contribution in [3.63, 3.8) is 0 Å². The van der Waals surface area contributed by atoms with E-state index < -0.39 is 30.8 Å². The molecule has 0 unspecified atom stereocenters. The van der Waals surface area contributed by atoms with Crippen molar-refractivity contribution in [1.29, 1.82) is 0 Å². The molecule has 154 valence electrons. The molecule has 25 heavy (non-hydrogen) atoms. The molecule has 0 radical (unpaired) electrons. The summed E-state index contributed by atoms with van der Waals surface area (Å²) in [5.41, 5.74) is 4.78. The van der Waals surface area contributed by atoms with Crippen molar-refractivity contribution in [2.24, 2.45) is 5.73 Å². The number of aliphatic hydroxyl groups is 3. The van der Waals surface area contributed by atoms with Crippen LogP contribution in [0.5, 0.6) is 0 Å². The molecule has 0 aliphatic carbocycles. The van der Waals surface area contributed by atoms with Crippen LogP contribution in [0.3, 0.4) is 0 Å². The van der Waals surface area contributed by atoms with Crippen molar-refractivity contribution >= 4 is 11.9 Å². The Morgan fingerprint density at radius 3 is 1.56 bits per heavy atom. The van der Waals surface area contributed by atoms with Crippen LogP contribution in [0.2, 0.25) is 0 Å². The number of rotatable bonds is 4. The van der Waals surface area contributed by atoms with Gasteiger partial charge in [-0.3, -0.25) is 4.79 Å². The summed E-state index contributed by atoms with van der Waals surface area (Å²) >= 11 is 0. The molecule has 0 aromatic carbocycles. The van der Waals surface area contributed by atoms with Crippen LogP contribution < -0.4 is 11.1 Å². The number of amides is 1. The summed E-state index contributed by atoms with van der Waals surface area (Å²) in [5.74, 6) is -4.16. The molecule has 0 aliphatic heterocycles. The van der Waals surface area contributed by atoms with Crippen molar-refractivity contribution in [2.45, 2.75) is 19.3 Å². The highest BCUT2D eigenvalue weighted by Crippen LogP contribution is 2.15. The zero-order valence-electron chi connectivity index (χ0n) is 13.4. The van der Waals surface area contributed by atoms with Crippen molar-refractivity contribution in [3.05, 3.63) is 0 Å². The first-order valence-corrected chi connectivity index (χ1v) is 6.33. The molecule has 0 bridgehead atoms. The maximum absolute atomic E-state index is 11.3. The minimum Gasteiger partial charge on any atom is -0.459 e. The van der Waals surface area contributed by atoms with Gasteiger partial charge in [-0.25, -0.2) is 4.79 Å². The first-order chi connectivity index (χ1) is 11.4. The van der Waals surface area contributed by atoms with Gasteiger partial charge in [-0.1, -0.05) is 0 Å². The first-order valence-electron chi connectivity index (χ1n) is 6.33. The van der Waals surface area contributed by atoms with E-state index in [9.17, 15) is 35.9 Å². The van der Waals surface area contributed by atoms with Crippen LogP contribution in [0.25, 0.3) is 0 Å². The maximum atomic E-state index is 11.3. The van der Waals surface area contributed by atoms with E-state index in [0.29, 0.717) is 6.54 Å². The second-order valence-corrected chi connectivity index (χ2v) is 3.21. The topological polar surface area (TPSA) is 142 Å². The Morgan fingerprint density at radius 1 is 1.00 bits per heavy atom. The summed E-state index contributed by atoms with van der Waals surface area (Å²) in [6.45, 7) is 0.655. The van der Waals surface area contributed by atoms with E-state index in [1.807, 2.05) is 0 Å². The third kappa shape index (κ3) is 27.5. The van der Waals surface area contributed by atoms with E-state index in [0.717, 1.165) is 7.11 Å². The van der Waals surface area contributed by atoms with E-state index >= 15 is 0 Å². The average Bonchev–Trinajstić information content (AvgIpc) is 2.53. The minimum atomic E-state index is -4.85. The third-order valence-corrected chi connectivity index (χ3v) is 1.29. The molecule has 0 atom stereocenters. The molecule has 14 heteroatoms. The molecule has 0 aromatic rings. The molecular weight excluding hydrogens is 370 g/mol. The summed E-state index contributed by atoms with van der Waals surface area (Å²) in [5, 5.41) is 24.2. The van der Waals surface area contributed by atoms with Gasteiger partial charge < -0.3 is 31.1 Å². The lowest BCUT2D eigenvalue weighted by molar-refractivity contribution is -0.199. The van der Waals surface area contributed by atoms with Gasteiger partial charge in [-0.15, -0.1) is 0 Å². The van der Waals surface area contributed by atoms with Crippen LogP contribution in [0.1, 0.15) is 6.92 Å². The average molecular weight is 392 g/mol. The molecular formula is C11H22F6N2O6. The summed E-state index contributed by atoms with van der Waals surface area (Å²) in [6, 6.07) is 0. The normalized spacial score (nSPS) is 9.92. The van der Waals surface area contributed by atoms with Crippen LogP contribution in [0.15, 0.2) is 0 Å².